The lowest BCUT2D eigenvalue weighted by Gasteiger charge is -2.04. The normalized spacial score (nSPS) is 11.1. The monoisotopic (exact) mass is 192 g/mol. The highest BCUT2D eigenvalue weighted by atomic mass is 35.5. The smallest absolute Gasteiger partial charge is 0.169 e. The van der Waals surface area contributed by atoms with E-state index in [0.29, 0.717) is 16.1 Å². The van der Waals surface area contributed by atoms with Gasteiger partial charge in [0.05, 0.1) is 5.69 Å². The van der Waals surface area contributed by atoms with Gasteiger partial charge in [-0.1, -0.05) is 37.0 Å². The van der Waals surface area contributed by atoms with Crippen molar-refractivity contribution in [2.24, 2.45) is 7.05 Å². The highest BCUT2D eigenvalue weighted by Crippen LogP contribution is 2.29. The molecule has 0 fully saturated rings. The molecule has 0 unspecified atom stereocenters. The molecule has 62 valence electrons. The van der Waals surface area contributed by atoms with Gasteiger partial charge in [-0.15, -0.1) is 0 Å². The van der Waals surface area contributed by atoms with Crippen LogP contribution in [0.15, 0.2) is 0 Å². The van der Waals surface area contributed by atoms with Crippen LogP contribution in [0.5, 0.6) is 0 Å². The van der Waals surface area contributed by atoms with Gasteiger partial charge in [0.25, 0.3) is 0 Å². The summed E-state index contributed by atoms with van der Waals surface area (Å²) in [5.74, 6) is 0.354. The average molecular weight is 193 g/mol. The molecule has 0 saturated carbocycles. The number of rotatable bonds is 1. The Balaban J connectivity index is 3.22. The summed E-state index contributed by atoms with van der Waals surface area (Å²) in [7, 11) is 1.84. The van der Waals surface area contributed by atoms with Crippen molar-refractivity contribution in [3.05, 3.63) is 15.9 Å². The SMILES string of the molecule is CC(C)c1c(Cl)c(Cl)nn1C. The molecule has 2 nitrogen and oxygen atoms in total. The minimum atomic E-state index is 0.354. The number of aryl methyl sites for hydroxylation is 1. The first-order valence-electron chi connectivity index (χ1n) is 3.42. The van der Waals surface area contributed by atoms with Crippen molar-refractivity contribution >= 4 is 23.2 Å². The number of hydrogen-bond acceptors (Lipinski definition) is 1. The molecule has 4 heteroatoms. The topological polar surface area (TPSA) is 17.8 Å². The van der Waals surface area contributed by atoms with Crippen LogP contribution in [-0.2, 0) is 7.05 Å². The second-order valence-corrected chi connectivity index (χ2v) is 3.50. The molecule has 1 aromatic rings. The first kappa shape index (κ1) is 8.88. The van der Waals surface area contributed by atoms with E-state index < -0.39 is 0 Å². The second kappa shape index (κ2) is 3.03. The molecular formula is C7H10Cl2N2. The summed E-state index contributed by atoms with van der Waals surface area (Å²) in [6.07, 6.45) is 0. The summed E-state index contributed by atoms with van der Waals surface area (Å²) in [5, 5.41) is 4.94. The van der Waals surface area contributed by atoms with Gasteiger partial charge in [0, 0.05) is 7.05 Å². The molecule has 0 saturated heterocycles. The van der Waals surface area contributed by atoms with Crippen LogP contribution in [0.3, 0.4) is 0 Å². The van der Waals surface area contributed by atoms with Crippen molar-refractivity contribution in [1.82, 2.24) is 9.78 Å². The van der Waals surface area contributed by atoms with Gasteiger partial charge < -0.3 is 0 Å². The molecule has 0 aliphatic heterocycles. The minimum absolute atomic E-state index is 0.354. The third-order valence-electron chi connectivity index (χ3n) is 1.54. The molecule has 0 amide bonds. The van der Waals surface area contributed by atoms with Crippen molar-refractivity contribution in [3.8, 4) is 0 Å². The fourth-order valence-electron chi connectivity index (χ4n) is 1.10. The Bertz CT molecular complexity index is 266. The third-order valence-corrected chi connectivity index (χ3v) is 2.27. The number of halogens is 2. The molecular weight excluding hydrogens is 183 g/mol. The fourth-order valence-corrected chi connectivity index (χ4v) is 1.69. The van der Waals surface area contributed by atoms with Crippen molar-refractivity contribution in [1.29, 1.82) is 0 Å². The molecule has 0 aliphatic rings. The predicted molar refractivity (Wildman–Crippen MR) is 47.3 cm³/mol. The largest absolute Gasteiger partial charge is 0.269 e. The van der Waals surface area contributed by atoms with E-state index in [1.165, 1.54) is 0 Å². The Morgan fingerprint density at radius 2 is 1.91 bits per heavy atom. The molecule has 1 rings (SSSR count). The predicted octanol–water partition coefficient (Wildman–Crippen LogP) is 2.85. The van der Waals surface area contributed by atoms with E-state index in [2.05, 4.69) is 18.9 Å². The zero-order valence-corrected chi connectivity index (χ0v) is 8.24. The Morgan fingerprint density at radius 1 is 1.36 bits per heavy atom. The van der Waals surface area contributed by atoms with Crippen LogP contribution < -0.4 is 0 Å². The highest BCUT2D eigenvalue weighted by molar-refractivity contribution is 6.41. The van der Waals surface area contributed by atoms with Gasteiger partial charge in [-0.25, -0.2) is 0 Å². The van der Waals surface area contributed by atoms with E-state index in [-0.39, 0.29) is 0 Å². The van der Waals surface area contributed by atoms with Gasteiger partial charge in [-0.3, -0.25) is 4.68 Å². The second-order valence-electron chi connectivity index (χ2n) is 2.77. The molecule has 0 atom stereocenters. The lowest BCUT2D eigenvalue weighted by atomic mass is 10.1. The summed E-state index contributed by atoms with van der Waals surface area (Å²) in [6.45, 7) is 4.11. The van der Waals surface area contributed by atoms with Gasteiger partial charge in [0.2, 0.25) is 0 Å². The molecule has 0 spiro atoms. The standard InChI is InChI=1S/C7H10Cl2N2/c1-4(2)6-5(8)7(9)10-11(6)3/h4H,1-3H3. The molecule has 0 radical (unpaired) electrons. The average Bonchev–Trinajstić information content (AvgIpc) is 2.07. The minimum Gasteiger partial charge on any atom is -0.269 e. The van der Waals surface area contributed by atoms with Crippen molar-refractivity contribution in [2.75, 3.05) is 0 Å². The van der Waals surface area contributed by atoms with E-state index in [9.17, 15) is 0 Å². The summed E-state index contributed by atoms with van der Waals surface area (Å²) in [6, 6.07) is 0. The van der Waals surface area contributed by atoms with E-state index in [0.717, 1.165) is 5.69 Å². The molecule has 11 heavy (non-hydrogen) atoms. The molecule has 0 bridgehead atoms. The lowest BCUT2D eigenvalue weighted by Crippen LogP contribution is -1.99. The maximum absolute atomic E-state index is 5.89. The Morgan fingerprint density at radius 3 is 2.09 bits per heavy atom. The van der Waals surface area contributed by atoms with Crippen molar-refractivity contribution in [2.45, 2.75) is 19.8 Å². The zero-order valence-electron chi connectivity index (χ0n) is 6.73. The van der Waals surface area contributed by atoms with Gasteiger partial charge in [0.15, 0.2) is 5.15 Å². The van der Waals surface area contributed by atoms with Crippen LogP contribution in [0.2, 0.25) is 10.2 Å². The summed E-state index contributed by atoms with van der Waals surface area (Å²) in [4.78, 5) is 0. The molecule has 0 aliphatic carbocycles. The van der Waals surface area contributed by atoms with Gasteiger partial charge in [0.1, 0.15) is 5.02 Å². The Hall–Kier alpha value is -0.210. The third kappa shape index (κ3) is 1.52. The Kier molecular flexibility index (Phi) is 2.45. The summed E-state index contributed by atoms with van der Waals surface area (Å²) >= 11 is 11.6. The molecule has 1 heterocycles. The summed E-state index contributed by atoms with van der Waals surface area (Å²) in [5.41, 5.74) is 0.983. The molecule has 1 aromatic heterocycles. The van der Waals surface area contributed by atoms with E-state index in [1.54, 1.807) is 4.68 Å². The first-order valence-corrected chi connectivity index (χ1v) is 4.17. The van der Waals surface area contributed by atoms with Crippen molar-refractivity contribution in [3.63, 3.8) is 0 Å². The number of aromatic nitrogens is 2. The zero-order chi connectivity index (χ0) is 8.59. The maximum Gasteiger partial charge on any atom is 0.169 e. The van der Waals surface area contributed by atoms with Crippen LogP contribution in [0, 0.1) is 0 Å². The number of nitrogens with zero attached hydrogens (tertiary/aromatic N) is 2. The van der Waals surface area contributed by atoms with E-state index in [4.69, 9.17) is 23.2 Å². The Labute approximate surface area is 76.1 Å². The van der Waals surface area contributed by atoms with E-state index in [1.807, 2.05) is 7.05 Å². The maximum atomic E-state index is 5.89. The van der Waals surface area contributed by atoms with Gasteiger partial charge in [-0.05, 0) is 5.92 Å². The van der Waals surface area contributed by atoms with Gasteiger partial charge in [-0.2, -0.15) is 5.10 Å². The summed E-state index contributed by atoms with van der Waals surface area (Å²) < 4.78 is 1.72. The van der Waals surface area contributed by atoms with Crippen LogP contribution in [-0.4, -0.2) is 9.78 Å². The van der Waals surface area contributed by atoms with Crippen LogP contribution in [0.25, 0.3) is 0 Å². The quantitative estimate of drug-likeness (QED) is 0.670. The first-order chi connectivity index (χ1) is 5.04. The van der Waals surface area contributed by atoms with Crippen molar-refractivity contribution < 1.29 is 0 Å². The van der Waals surface area contributed by atoms with Crippen LogP contribution >= 0.6 is 23.2 Å². The van der Waals surface area contributed by atoms with Gasteiger partial charge >= 0.3 is 0 Å². The molecule has 0 N–H and O–H groups in total. The van der Waals surface area contributed by atoms with E-state index >= 15 is 0 Å². The highest BCUT2D eigenvalue weighted by Gasteiger charge is 2.14. The fraction of sp³-hybridized carbons (Fsp3) is 0.571. The number of hydrogen-bond donors (Lipinski definition) is 0. The molecule has 0 aromatic carbocycles. The van der Waals surface area contributed by atoms with Crippen LogP contribution in [0.4, 0.5) is 0 Å². The lowest BCUT2D eigenvalue weighted by molar-refractivity contribution is 0.669. The van der Waals surface area contributed by atoms with Crippen LogP contribution in [0.1, 0.15) is 25.5 Å².